The number of carbonyl (C=O) groups excluding carboxylic acids is 2. The first kappa shape index (κ1) is 16.3. The van der Waals surface area contributed by atoms with Crippen molar-refractivity contribution in [1.29, 1.82) is 0 Å². The fraction of sp³-hybridized carbons (Fsp3) is 0.500. The van der Waals surface area contributed by atoms with Crippen LogP contribution in [0.5, 0.6) is 0 Å². The van der Waals surface area contributed by atoms with E-state index in [1.165, 1.54) is 29.2 Å². The van der Waals surface area contributed by atoms with Gasteiger partial charge < -0.3 is 9.64 Å². The van der Waals surface area contributed by atoms with E-state index in [2.05, 4.69) is 10.2 Å². The van der Waals surface area contributed by atoms with Gasteiger partial charge in [0.05, 0.1) is 23.5 Å². The number of thioether (sulfide) groups is 2. The zero-order valence-electron chi connectivity index (χ0n) is 11.7. The predicted octanol–water partition coefficient (Wildman–Crippen LogP) is 1.92. The van der Waals surface area contributed by atoms with Crippen LogP contribution in [0.15, 0.2) is 15.4 Å². The van der Waals surface area contributed by atoms with Crippen molar-refractivity contribution in [3.8, 4) is 0 Å². The highest BCUT2D eigenvalue weighted by molar-refractivity contribution is 8.04. The van der Waals surface area contributed by atoms with Crippen molar-refractivity contribution in [2.24, 2.45) is 0 Å². The molecule has 0 spiro atoms. The predicted molar refractivity (Wildman–Crippen MR) is 84.3 cm³/mol. The summed E-state index contributed by atoms with van der Waals surface area (Å²) >= 11 is 4.46. The van der Waals surface area contributed by atoms with Gasteiger partial charge in [0.2, 0.25) is 5.91 Å². The molecule has 0 atom stereocenters. The van der Waals surface area contributed by atoms with Crippen LogP contribution in [0.25, 0.3) is 0 Å². The number of amides is 1. The second kappa shape index (κ2) is 7.81. The lowest BCUT2D eigenvalue weighted by molar-refractivity contribution is -0.137. The average molecular weight is 345 g/mol. The first-order valence-electron chi connectivity index (χ1n) is 6.34. The standard InChI is InChI=1S/C12H15N3O3S3/c1-3-18-11(17)6-10-15(9(16)7-20-10)4-5-19-12-14-13-8(2)21-12/h6H,3-5,7H2,1-2H3. The van der Waals surface area contributed by atoms with Crippen LogP contribution in [0.3, 0.4) is 0 Å². The summed E-state index contributed by atoms with van der Waals surface area (Å²) in [6, 6.07) is 0. The molecule has 0 aliphatic carbocycles. The average Bonchev–Trinajstić information content (AvgIpc) is 2.99. The Kier molecular flexibility index (Phi) is 6.07. The van der Waals surface area contributed by atoms with Crippen molar-refractivity contribution in [2.75, 3.05) is 24.7 Å². The summed E-state index contributed by atoms with van der Waals surface area (Å²) in [6.45, 7) is 4.53. The number of ether oxygens (including phenoxy) is 1. The molecule has 1 aliphatic heterocycles. The van der Waals surface area contributed by atoms with E-state index >= 15 is 0 Å². The SMILES string of the molecule is CCOC(=O)C=C1SCC(=O)N1CCSc1nnc(C)s1. The van der Waals surface area contributed by atoms with Crippen LogP contribution < -0.4 is 0 Å². The molecule has 0 radical (unpaired) electrons. The highest BCUT2D eigenvalue weighted by Crippen LogP contribution is 2.30. The van der Waals surface area contributed by atoms with Crippen LogP contribution in [0.2, 0.25) is 0 Å². The van der Waals surface area contributed by atoms with Crippen molar-refractivity contribution in [2.45, 2.75) is 18.2 Å². The second-order valence-corrected chi connectivity index (χ2v) is 7.52. The minimum atomic E-state index is -0.410. The van der Waals surface area contributed by atoms with Gasteiger partial charge in [0, 0.05) is 12.3 Å². The molecule has 1 aromatic rings. The summed E-state index contributed by atoms with van der Waals surface area (Å²) < 4.78 is 5.77. The smallest absolute Gasteiger partial charge is 0.333 e. The van der Waals surface area contributed by atoms with E-state index in [9.17, 15) is 9.59 Å². The van der Waals surface area contributed by atoms with Crippen LogP contribution >= 0.6 is 34.9 Å². The van der Waals surface area contributed by atoms with Crippen molar-refractivity contribution in [1.82, 2.24) is 15.1 Å². The molecule has 2 heterocycles. The Hall–Kier alpha value is -1.06. The van der Waals surface area contributed by atoms with Gasteiger partial charge in [0.15, 0.2) is 4.34 Å². The van der Waals surface area contributed by atoms with Gasteiger partial charge in [-0.3, -0.25) is 4.79 Å². The summed E-state index contributed by atoms with van der Waals surface area (Å²) in [4.78, 5) is 25.0. The third-order valence-electron chi connectivity index (χ3n) is 2.49. The van der Waals surface area contributed by atoms with Gasteiger partial charge in [-0.1, -0.05) is 34.9 Å². The third kappa shape index (κ3) is 4.72. The number of esters is 1. The molecular formula is C12H15N3O3S3. The maximum Gasteiger partial charge on any atom is 0.333 e. The van der Waals surface area contributed by atoms with Gasteiger partial charge in [-0.15, -0.1) is 10.2 Å². The number of hydrogen-bond donors (Lipinski definition) is 0. The zero-order chi connectivity index (χ0) is 15.2. The molecule has 1 fully saturated rings. The lowest BCUT2D eigenvalue weighted by atomic mass is 10.5. The first-order valence-corrected chi connectivity index (χ1v) is 9.13. The topological polar surface area (TPSA) is 72.4 Å². The van der Waals surface area contributed by atoms with Crippen LogP contribution in [0.4, 0.5) is 0 Å². The molecule has 6 nitrogen and oxygen atoms in total. The summed E-state index contributed by atoms with van der Waals surface area (Å²) in [5.74, 6) is 0.686. The lowest BCUT2D eigenvalue weighted by Crippen LogP contribution is -2.27. The summed E-state index contributed by atoms with van der Waals surface area (Å²) in [6.07, 6.45) is 1.39. The summed E-state index contributed by atoms with van der Waals surface area (Å²) in [5, 5.41) is 9.56. The molecule has 0 bridgehead atoms. The van der Waals surface area contributed by atoms with Crippen LogP contribution in [0, 0.1) is 6.92 Å². The molecule has 0 aromatic carbocycles. The highest BCUT2D eigenvalue weighted by Gasteiger charge is 2.27. The molecule has 1 aliphatic rings. The number of aryl methyl sites for hydroxylation is 1. The molecule has 9 heteroatoms. The van der Waals surface area contributed by atoms with E-state index in [0.717, 1.165) is 9.35 Å². The molecule has 0 N–H and O–H groups in total. The number of rotatable bonds is 6. The van der Waals surface area contributed by atoms with E-state index in [1.54, 1.807) is 23.6 Å². The fourth-order valence-electron chi connectivity index (χ4n) is 1.61. The van der Waals surface area contributed by atoms with Crippen LogP contribution in [-0.2, 0) is 14.3 Å². The van der Waals surface area contributed by atoms with E-state index in [1.807, 2.05) is 6.92 Å². The second-order valence-electron chi connectivity index (χ2n) is 4.00. The molecule has 2 rings (SSSR count). The molecule has 0 saturated carbocycles. The molecule has 0 unspecified atom stereocenters. The summed E-state index contributed by atoms with van der Waals surface area (Å²) in [7, 11) is 0. The van der Waals surface area contributed by atoms with Crippen LogP contribution in [0.1, 0.15) is 11.9 Å². The van der Waals surface area contributed by atoms with Gasteiger partial charge in [0.25, 0.3) is 0 Å². The van der Waals surface area contributed by atoms with Gasteiger partial charge in [-0.05, 0) is 13.8 Å². The van der Waals surface area contributed by atoms with Gasteiger partial charge in [-0.2, -0.15) is 0 Å². The van der Waals surface area contributed by atoms with Crippen molar-refractivity contribution >= 4 is 46.7 Å². The Morgan fingerprint density at radius 1 is 1.52 bits per heavy atom. The zero-order valence-corrected chi connectivity index (χ0v) is 14.1. The Balaban J connectivity index is 1.89. The fourth-order valence-corrected chi connectivity index (χ4v) is 4.38. The number of carbonyl (C=O) groups is 2. The number of hydrogen-bond acceptors (Lipinski definition) is 8. The molecule has 1 aromatic heterocycles. The van der Waals surface area contributed by atoms with E-state index in [-0.39, 0.29) is 5.91 Å². The van der Waals surface area contributed by atoms with E-state index < -0.39 is 5.97 Å². The largest absolute Gasteiger partial charge is 0.463 e. The number of nitrogens with zero attached hydrogens (tertiary/aromatic N) is 3. The molecule has 1 amide bonds. The maximum absolute atomic E-state index is 11.8. The minimum Gasteiger partial charge on any atom is -0.463 e. The van der Waals surface area contributed by atoms with Gasteiger partial charge in [0.1, 0.15) is 5.01 Å². The van der Waals surface area contributed by atoms with Gasteiger partial charge >= 0.3 is 5.97 Å². The van der Waals surface area contributed by atoms with Crippen molar-refractivity contribution in [3.05, 3.63) is 16.1 Å². The Bertz CT molecular complexity index is 559. The maximum atomic E-state index is 11.8. The van der Waals surface area contributed by atoms with Crippen LogP contribution in [-0.4, -0.2) is 51.6 Å². The number of aromatic nitrogens is 2. The Labute approximate surface area is 135 Å². The molecule has 114 valence electrons. The Morgan fingerprint density at radius 3 is 3.00 bits per heavy atom. The lowest BCUT2D eigenvalue weighted by Gasteiger charge is -2.16. The monoisotopic (exact) mass is 345 g/mol. The Morgan fingerprint density at radius 2 is 2.33 bits per heavy atom. The third-order valence-corrected chi connectivity index (χ3v) is 5.46. The van der Waals surface area contributed by atoms with Crippen molar-refractivity contribution < 1.29 is 14.3 Å². The van der Waals surface area contributed by atoms with Crippen molar-refractivity contribution in [3.63, 3.8) is 0 Å². The molecule has 1 saturated heterocycles. The normalized spacial score (nSPS) is 16.8. The first-order chi connectivity index (χ1) is 10.1. The quantitative estimate of drug-likeness (QED) is 0.443. The van der Waals surface area contributed by atoms with Gasteiger partial charge in [-0.25, -0.2) is 4.79 Å². The summed E-state index contributed by atoms with van der Waals surface area (Å²) in [5.41, 5.74) is 0. The molecule has 21 heavy (non-hydrogen) atoms. The minimum absolute atomic E-state index is 0.0181. The molecular weight excluding hydrogens is 330 g/mol. The van der Waals surface area contributed by atoms with E-state index in [4.69, 9.17) is 4.74 Å². The van der Waals surface area contributed by atoms with E-state index in [0.29, 0.717) is 29.7 Å². The highest BCUT2D eigenvalue weighted by atomic mass is 32.2.